The van der Waals surface area contributed by atoms with E-state index in [9.17, 15) is 4.79 Å². The molecular weight excluding hydrogens is 258 g/mol. The zero-order chi connectivity index (χ0) is 14.7. The van der Waals surface area contributed by atoms with Crippen LogP contribution in [0.3, 0.4) is 0 Å². The average molecular weight is 283 g/mol. The fraction of sp³-hybridized carbons (Fsp3) is 0.714. The summed E-state index contributed by atoms with van der Waals surface area (Å²) in [6, 6.07) is 0. The first-order valence-electron chi connectivity index (χ1n) is 6.54. The van der Waals surface area contributed by atoms with Gasteiger partial charge in [0.25, 0.3) is 0 Å². The van der Waals surface area contributed by atoms with Crippen molar-refractivity contribution in [1.82, 2.24) is 15.6 Å². The average Bonchev–Trinajstić information content (AvgIpc) is 2.62. The van der Waals surface area contributed by atoms with Gasteiger partial charge in [-0.1, -0.05) is 20.8 Å². The molecule has 0 atom stereocenters. The molecule has 2 N–H and O–H groups in total. The van der Waals surface area contributed by atoms with E-state index in [0.717, 1.165) is 10.7 Å². The van der Waals surface area contributed by atoms with Gasteiger partial charge in [-0.2, -0.15) is 0 Å². The molecule has 0 saturated heterocycles. The van der Waals surface area contributed by atoms with Gasteiger partial charge >= 0.3 is 0 Å². The Morgan fingerprint density at radius 3 is 2.37 bits per heavy atom. The Morgan fingerprint density at radius 1 is 1.26 bits per heavy atom. The fourth-order valence-electron chi connectivity index (χ4n) is 1.50. The van der Waals surface area contributed by atoms with Crippen LogP contribution in [0.5, 0.6) is 0 Å². The van der Waals surface area contributed by atoms with E-state index in [1.807, 2.05) is 20.8 Å². The second kappa shape index (κ2) is 6.01. The maximum atomic E-state index is 11.6. The van der Waals surface area contributed by atoms with Gasteiger partial charge in [-0.3, -0.25) is 4.79 Å². The van der Waals surface area contributed by atoms with Gasteiger partial charge in [0.05, 0.1) is 17.2 Å². The predicted octanol–water partition coefficient (Wildman–Crippen LogP) is 2.44. The molecule has 0 radical (unpaired) electrons. The second-order valence-corrected chi connectivity index (χ2v) is 7.65. The van der Waals surface area contributed by atoms with E-state index < -0.39 is 0 Å². The van der Waals surface area contributed by atoms with Crippen LogP contribution < -0.4 is 10.6 Å². The van der Waals surface area contributed by atoms with Crippen LogP contribution >= 0.6 is 11.3 Å². The normalized spacial score (nSPS) is 12.5. The molecule has 1 rings (SSSR count). The second-order valence-electron chi connectivity index (χ2n) is 6.80. The molecule has 1 aromatic heterocycles. The summed E-state index contributed by atoms with van der Waals surface area (Å²) in [5, 5.41) is 9.22. The van der Waals surface area contributed by atoms with Gasteiger partial charge in [0.1, 0.15) is 0 Å². The van der Waals surface area contributed by atoms with Crippen LogP contribution in [0, 0.1) is 0 Å². The van der Waals surface area contributed by atoms with Crippen molar-refractivity contribution in [3.63, 3.8) is 0 Å². The largest absolute Gasteiger partial charge is 0.350 e. The van der Waals surface area contributed by atoms with E-state index in [4.69, 9.17) is 0 Å². The standard InChI is InChI=1S/C14H25N3OS/c1-13(2,3)12-16-10(9-19-12)7-15-8-11(18)17-14(4,5)6/h9,15H,7-8H2,1-6H3,(H,17,18). The lowest BCUT2D eigenvalue weighted by molar-refractivity contribution is -0.121. The third kappa shape index (κ3) is 6.16. The van der Waals surface area contributed by atoms with Crippen molar-refractivity contribution in [2.75, 3.05) is 6.54 Å². The minimum Gasteiger partial charge on any atom is -0.350 e. The molecule has 0 saturated carbocycles. The van der Waals surface area contributed by atoms with E-state index >= 15 is 0 Å². The number of hydrogen-bond donors (Lipinski definition) is 2. The van der Waals surface area contributed by atoms with Crippen LogP contribution in [0.25, 0.3) is 0 Å². The lowest BCUT2D eigenvalue weighted by Crippen LogP contribution is -2.44. The Morgan fingerprint density at radius 2 is 1.89 bits per heavy atom. The van der Waals surface area contributed by atoms with E-state index in [-0.39, 0.29) is 16.9 Å². The Balaban J connectivity index is 2.38. The molecule has 108 valence electrons. The van der Waals surface area contributed by atoms with Gasteiger partial charge in [-0.25, -0.2) is 4.98 Å². The van der Waals surface area contributed by atoms with Gasteiger partial charge < -0.3 is 10.6 Å². The Bertz CT molecular complexity index is 427. The minimum absolute atomic E-state index is 0.0128. The van der Waals surface area contributed by atoms with Crippen molar-refractivity contribution in [2.24, 2.45) is 0 Å². The lowest BCUT2D eigenvalue weighted by Gasteiger charge is -2.20. The van der Waals surface area contributed by atoms with Gasteiger partial charge in [0.15, 0.2) is 0 Å². The van der Waals surface area contributed by atoms with Crippen LogP contribution in [-0.2, 0) is 16.8 Å². The third-order valence-electron chi connectivity index (χ3n) is 2.30. The quantitative estimate of drug-likeness (QED) is 0.892. The summed E-state index contributed by atoms with van der Waals surface area (Å²) in [7, 11) is 0. The third-order valence-corrected chi connectivity index (χ3v) is 3.62. The van der Waals surface area contributed by atoms with Crippen molar-refractivity contribution in [2.45, 2.75) is 59.0 Å². The first-order chi connectivity index (χ1) is 8.58. The molecule has 0 aromatic carbocycles. The van der Waals surface area contributed by atoms with Gasteiger partial charge in [-0.15, -0.1) is 11.3 Å². The lowest BCUT2D eigenvalue weighted by atomic mass is 9.98. The minimum atomic E-state index is -0.182. The van der Waals surface area contributed by atoms with E-state index in [2.05, 4.69) is 41.8 Å². The molecule has 0 aliphatic rings. The molecular formula is C14H25N3OS. The predicted molar refractivity (Wildman–Crippen MR) is 80.4 cm³/mol. The summed E-state index contributed by atoms with van der Waals surface area (Å²) in [6.45, 7) is 13.3. The topological polar surface area (TPSA) is 54.0 Å². The summed E-state index contributed by atoms with van der Waals surface area (Å²) in [5.74, 6) is 0.0128. The highest BCUT2D eigenvalue weighted by Crippen LogP contribution is 2.25. The number of hydrogen-bond acceptors (Lipinski definition) is 4. The number of carbonyl (C=O) groups excluding carboxylic acids is 1. The number of nitrogens with zero attached hydrogens (tertiary/aromatic N) is 1. The zero-order valence-corrected chi connectivity index (χ0v) is 13.6. The van der Waals surface area contributed by atoms with Crippen molar-refractivity contribution in [1.29, 1.82) is 0 Å². The molecule has 1 amide bonds. The molecule has 0 aliphatic carbocycles. The Kier molecular flexibility index (Phi) is 5.10. The molecule has 4 nitrogen and oxygen atoms in total. The summed E-state index contributed by atoms with van der Waals surface area (Å²) >= 11 is 1.67. The molecule has 0 bridgehead atoms. The summed E-state index contributed by atoms with van der Waals surface area (Å²) < 4.78 is 0. The zero-order valence-electron chi connectivity index (χ0n) is 12.8. The van der Waals surface area contributed by atoms with Crippen molar-refractivity contribution in [3.05, 3.63) is 16.1 Å². The first kappa shape index (κ1) is 16.1. The highest BCUT2D eigenvalue weighted by Gasteiger charge is 2.18. The maximum absolute atomic E-state index is 11.6. The van der Waals surface area contributed by atoms with E-state index in [0.29, 0.717) is 13.1 Å². The van der Waals surface area contributed by atoms with Crippen LogP contribution in [0.2, 0.25) is 0 Å². The maximum Gasteiger partial charge on any atom is 0.234 e. The number of amides is 1. The first-order valence-corrected chi connectivity index (χ1v) is 7.42. The van der Waals surface area contributed by atoms with Gasteiger partial charge in [-0.05, 0) is 20.8 Å². The van der Waals surface area contributed by atoms with E-state index in [1.54, 1.807) is 11.3 Å². The smallest absolute Gasteiger partial charge is 0.234 e. The monoisotopic (exact) mass is 283 g/mol. The molecule has 5 heteroatoms. The summed E-state index contributed by atoms with van der Waals surface area (Å²) in [5.41, 5.74) is 0.907. The number of thiazole rings is 1. The Hall–Kier alpha value is -0.940. The molecule has 0 unspecified atom stereocenters. The summed E-state index contributed by atoms with van der Waals surface area (Å²) in [6.07, 6.45) is 0. The highest BCUT2D eigenvalue weighted by molar-refractivity contribution is 7.09. The van der Waals surface area contributed by atoms with Crippen LogP contribution in [0.4, 0.5) is 0 Å². The van der Waals surface area contributed by atoms with Crippen molar-refractivity contribution >= 4 is 17.2 Å². The molecule has 1 heterocycles. The SMILES string of the molecule is CC(C)(C)NC(=O)CNCc1csc(C(C)(C)C)n1. The molecule has 0 spiro atoms. The van der Waals surface area contributed by atoms with Crippen molar-refractivity contribution < 1.29 is 4.79 Å². The van der Waals surface area contributed by atoms with Crippen LogP contribution in [0.1, 0.15) is 52.2 Å². The summed E-state index contributed by atoms with van der Waals surface area (Å²) in [4.78, 5) is 16.2. The van der Waals surface area contributed by atoms with Gasteiger partial charge in [0, 0.05) is 22.9 Å². The molecule has 19 heavy (non-hydrogen) atoms. The number of rotatable bonds is 4. The van der Waals surface area contributed by atoms with E-state index in [1.165, 1.54) is 0 Å². The number of aromatic nitrogens is 1. The van der Waals surface area contributed by atoms with Gasteiger partial charge in [0.2, 0.25) is 5.91 Å². The Labute approximate surface area is 120 Å². The number of nitrogens with one attached hydrogen (secondary N) is 2. The fourth-order valence-corrected chi connectivity index (χ4v) is 2.41. The molecule has 0 aliphatic heterocycles. The molecule has 0 fully saturated rings. The highest BCUT2D eigenvalue weighted by atomic mass is 32.1. The van der Waals surface area contributed by atoms with Crippen LogP contribution in [0.15, 0.2) is 5.38 Å². The molecule has 1 aromatic rings. The van der Waals surface area contributed by atoms with Crippen LogP contribution in [-0.4, -0.2) is 23.0 Å². The van der Waals surface area contributed by atoms with Crippen molar-refractivity contribution in [3.8, 4) is 0 Å². The number of carbonyl (C=O) groups is 1.